The third-order valence-electron chi connectivity index (χ3n) is 6.21. The van der Waals surface area contributed by atoms with Crippen molar-refractivity contribution in [1.29, 1.82) is 0 Å². The second-order valence-electron chi connectivity index (χ2n) is 8.61. The number of piperidine rings is 1. The lowest BCUT2D eigenvalue weighted by Crippen LogP contribution is -2.35. The number of carbonyl (C=O) groups excluding carboxylic acids is 1. The van der Waals surface area contributed by atoms with Crippen LogP contribution in [0.15, 0.2) is 18.2 Å². The number of hydrogen-bond donors (Lipinski definition) is 0. The van der Waals surface area contributed by atoms with Crippen molar-refractivity contribution in [2.24, 2.45) is 5.92 Å². The number of methoxy groups -OCH3 is 1. The summed E-state index contributed by atoms with van der Waals surface area (Å²) in [4.78, 5) is 14.8. The molecule has 2 aliphatic rings. The molecule has 0 amide bonds. The molecular weight excluding hydrogens is 431 g/mol. The molecule has 1 aromatic rings. The fourth-order valence-corrected chi connectivity index (χ4v) is 5.82. The number of ketones is 1. The monoisotopic (exact) mass is 461 g/mol. The van der Waals surface area contributed by atoms with E-state index in [0.29, 0.717) is 18.8 Å². The molecule has 0 aromatic heterocycles. The van der Waals surface area contributed by atoms with Crippen molar-refractivity contribution in [3.63, 3.8) is 0 Å². The number of alkyl halides is 3. The van der Waals surface area contributed by atoms with Gasteiger partial charge in [0, 0.05) is 12.0 Å². The molecule has 0 atom stereocenters. The van der Waals surface area contributed by atoms with Gasteiger partial charge in [-0.25, -0.2) is 8.42 Å². The van der Waals surface area contributed by atoms with Crippen LogP contribution in [-0.2, 0) is 16.0 Å². The Hall–Kier alpha value is -1.61. The smallest absolute Gasteiger partial charge is 0.416 e. The first-order chi connectivity index (χ1) is 14.6. The summed E-state index contributed by atoms with van der Waals surface area (Å²) < 4.78 is 68.0. The summed E-state index contributed by atoms with van der Waals surface area (Å²) in [6.45, 7) is 2.49. The van der Waals surface area contributed by atoms with Crippen molar-refractivity contribution in [3.05, 3.63) is 29.3 Å². The van der Waals surface area contributed by atoms with Gasteiger partial charge in [-0.05, 0) is 82.3 Å². The van der Waals surface area contributed by atoms with Crippen LogP contribution in [0, 0.1) is 5.92 Å². The van der Waals surface area contributed by atoms with Crippen molar-refractivity contribution >= 4 is 15.6 Å². The number of rotatable bonds is 10. The highest BCUT2D eigenvalue weighted by atomic mass is 32.2. The van der Waals surface area contributed by atoms with Gasteiger partial charge < -0.3 is 9.64 Å². The zero-order valence-corrected chi connectivity index (χ0v) is 18.6. The van der Waals surface area contributed by atoms with Gasteiger partial charge in [0.1, 0.15) is 5.75 Å². The molecule has 0 spiro atoms. The molecule has 0 unspecified atom stereocenters. The number of hydrogen-bond acceptors (Lipinski definition) is 5. The first kappa shape index (κ1) is 24.0. The maximum Gasteiger partial charge on any atom is 0.416 e. The van der Waals surface area contributed by atoms with Crippen LogP contribution in [-0.4, -0.2) is 56.8 Å². The number of likely N-dealkylation sites (tertiary alicyclic amines) is 1. The minimum absolute atomic E-state index is 0.0233. The van der Waals surface area contributed by atoms with Crippen molar-refractivity contribution in [2.75, 3.05) is 32.5 Å². The molecular formula is C22H30F3NO4S. The van der Waals surface area contributed by atoms with Crippen molar-refractivity contribution in [3.8, 4) is 5.75 Å². The molecule has 9 heteroatoms. The predicted octanol–water partition coefficient (Wildman–Crippen LogP) is 4.36. The molecule has 31 heavy (non-hydrogen) atoms. The second-order valence-corrected chi connectivity index (χ2v) is 11.0. The molecule has 1 heterocycles. The molecule has 1 aliphatic carbocycles. The highest BCUT2D eigenvalue weighted by Gasteiger charge is 2.35. The lowest BCUT2D eigenvalue weighted by Gasteiger charge is -2.31. The van der Waals surface area contributed by atoms with Gasteiger partial charge in [0.2, 0.25) is 0 Å². The minimum atomic E-state index is -4.53. The van der Waals surface area contributed by atoms with Crippen LogP contribution in [0.4, 0.5) is 13.2 Å². The summed E-state index contributed by atoms with van der Waals surface area (Å²) >= 11 is 0. The quantitative estimate of drug-likeness (QED) is 0.485. The van der Waals surface area contributed by atoms with Gasteiger partial charge in [-0.3, -0.25) is 4.79 Å². The van der Waals surface area contributed by atoms with E-state index in [-0.39, 0.29) is 34.5 Å². The van der Waals surface area contributed by atoms with Crippen molar-refractivity contribution < 1.29 is 31.1 Å². The van der Waals surface area contributed by atoms with Gasteiger partial charge in [0.25, 0.3) is 0 Å². The van der Waals surface area contributed by atoms with E-state index in [9.17, 15) is 26.4 Å². The van der Waals surface area contributed by atoms with E-state index in [2.05, 4.69) is 4.90 Å². The van der Waals surface area contributed by atoms with Gasteiger partial charge in [-0.1, -0.05) is 0 Å². The zero-order chi connectivity index (χ0) is 22.6. The van der Waals surface area contributed by atoms with Crippen LogP contribution in [0.2, 0.25) is 0 Å². The standard InChI is InChI=1S/C22H30F3NO4S/c1-30-19-14-17(13-18(15-19)22(23,24)25)21(27)6-3-16-7-10-26(11-8-16)9-2-12-31(28,29)20-4-5-20/h13-16,20H,2-12H2,1H3. The number of halogens is 3. The molecule has 0 radical (unpaired) electrons. The van der Waals surface area contributed by atoms with E-state index in [1.807, 2.05) is 0 Å². The molecule has 1 aromatic carbocycles. The molecule has 174 valence electrons. The van der Waals surface area contributed by atoms with Crippen LogP contribution in [0.5, 0.6) is 5.75 Å². The lowest BCUT2D eigenvalue weighted by molar-refractivity contribution is -0.137. The highest BCUT2D eigenvalue weighted by molar-refractivity contribution is 7.92. The molecule has 0 bridgehead atoms. The summed E-state index contributed by atoms with van der Waals surface area (Å²) in [6.07, 6.45) is 0.395. The Morgan fingerprint density at radius 3 is 2.39 bits per heavy atom. The Balaban J connectivity index is 1.42. The van der Waals surface area contributed by atoms with E-state index in [4.69, 9.17) is 4.74 Å². The molecule has 2 fully saturated rings. The lowest BCUT2D eigenvalue weighted by atomic mass is 9.90. The average Bonchev–Trinajstić information content (AvgIpc) is 3.58. The third-order valence-corrected chi connectivity index (χ3v) is 8.56. The van der Waals surface area contributed by atoms with E-state index in [1.165, 1.54) is 13.2 Å². The van der Waals surface area contributed by atoms with Crippen molar-refractivity contribution in [1.82, 2.24) is 4.90 Å². The van der Waals surface area contributed by atoms with Crippen LogP contribution in [0.25, 0.3) is 0 Å². The molecule has 1 aliphatic heterocycles. The van der Waals surface area contributed by atoms with E-state index in [0.717, 1.165) is 57.5 Å². The Morgan fingerprint density at radius 2 is 1.81 bits per heavy atom. The summed E-state index contributed by atoms with van der Waals surface area (Å²) in [6, 6.07) is 3.14. The SMILES string of the molecule is COc1cc(C(=O)CCC2CCN(CCCS(=O)(=O)C3CC3)CC2)cc(C(F)(F)F)c1. The first-order valence-corrected chi connectivity index (χ1v) is 12.5. The molecule has 1 saturated heterocycles. The summed E-state index contributed by atoms with van der Waals surface area (Å²) in [5.41, 5.74) is -0.854. The fraction of sp³-hybridized carbons (Fsp3) is 0.682. The van der Waals surface area contributed by atoms with Crippen LogP contribution < -0.4 is 4.74 Å². The number of benzene rings is 1. The second kappa shape index (κ2) is 9.90. The Kier molecular flexibility index (Phi) is 7.68. The fourth-order valence-electron chi connectivity index (χ4n) is 4.10. The maximum absolute atomic E-state index is 13.1. The first-order valence-electron chi connectivity index (χ1n) is 10.8. The molecule has 0 N–H and O–H groups in total. The predicted molar refractivity (Wildman–Crippen MR) is 112 cm³/mol. The Labute approximate surface area is 181 Å². The molecule has 5 nitrogen and oxygen atoms in total. The van der Waals surface area contributed by atoms with Crippen LogP contribution in [0.3, 0.4) is 0 Å². The van der Waals surface area contributed by atoms with Gasteiger partial charge >= 0.3 is 6.18 Å². The molecule has 3 rings (SSSR count). The zero-order valence-electron chi connectivity index (χ0n) is 17.8. The summed E-state index contributed by atoms with van der Waals surface area (Å²) in [5.74, 6) is 0.322. The normalized spacial score (nSPS) is 18.8. The summed E-state index contributed by atoms with van der Waals surface area (Å²) in [7, 11) is -1.63. The number of sulfone groups is 1. The van der Waals surface area contributed by atoms with Crippen LogP contribution >= 0.6 is 0 Å². The van der Waals surface area contributed by atoms with Gasteiger partial charge in [0.15, 0.2) is 15.6 Å². The van der Waals surface area contributed by atoms with Gasteiger partial charge in [-0.15, -0.1) is 0 Å². The number of carbonyl (C=O) groups is 1. The van der Waals surface area contributed by atoms with E-state index < -0.39 is 21.6 Å². The van der Waals surface area contributed by atoms with Crippen molar-refractivity contribution in [2.45, 2.75) is 56.4 Å². The number of ether oxygens (including phenoxy) is 1. The third kappa shape index (κ3) is 6.94. The van der Waals surface area contributed by atoms with Crippen LogP contribution in [0.1, 0.15) is 60.9 Å². The Morgan fingerprint density at radius 1 is 1.13 bits per heavy atom. The number of Topliss-reactive ketones (excluding diaryl/α,β-unsaturated/α-hetero) is 1. The topological polar surface area (TPSA) is 63.7 Å². The summed E-state index contributed by atoms with van der Waals surface area (Å²) in [5, 5.41) is -0.104. The minimum Gasteiger partial charge on any atom is -0.497 e. The van der Waals surface area contributed by atoms with Gasteiger partial charge in [0.05, 0.1) is 23.7 Å². The van der Waals surface area contributed by atoms with E-state index in [1.54, 1.807) is 0 Å². The number of nitrogens with zero attached hydrogens (tertiary/aromatic N) is 1. The Bertz CT molecular complexity index is 873. The highest BCUT2D eigenvalue weighted by Crippen LogP contribution is 2.33. The maximum atomic E-state index is 13.1. The molecule has 1 saturated carbocycles. The largest absolute Gasteiger partial charge is 0.497 e. The van der Waals surface area contributed by atoms with E-state index >= 15 is 0 Å². The van der Waals surface area contributed by atoms with Gasteiger partial charge in [-0.2, -0.15) is 13.2 Å². The average molecular weight is 462 g/mol.